The molecule has 4 nitrogen and oxygen atoms in total. The van der Waals surface area contributed by atoms with Crippen LogP contribution in [0.1, 0.15) is 31.2 Å². The molecule has 2 N–H and O–H groups in total. The van der Waals surface area contributed by atoms with Crippen LogP contribution in [0.3, 0.4) is 0 Å². The standard InChI is InChI=1S/C16H25N3O/c1-18(2)16(20)8-5-11-19(14-9-10-14)12-13-6-3-4-7-15(13)17/h3-4,6-7,14H,5,8-12,17H2,1-2H3. The van der Waals surface area contributed by atoms with Gasteiger partial charge >= 0.3 is 0 Å². The molecule has 0 aliphatic heterocycles. The van der Waals surface area contributed by atoms with E-state index in [0.29, 0.717) is 12.5 Å². The number of carbonyl (C=O) groups excluding carboxylic acids is 1. The Morgan fingerprint density at radius 1 is 1.30 bits per heavy atom. The molecule has 4 heteroatoms. The minimum atomic E-state index is 0.208. The summed E-state index contributed by atoms with van der Waals surface area (Å²) in [6.45, 7) is 1.87. The van der Waals surface area contributed by atoms with Gasteiger partial charge in [0.2, 0.25) is 5.91 Å². The van der Waals surface area contributed by atoms with Crippen molar-refractivity contribution in [3.8, 4) is 0 Å². The number of para-hydroxylation sites is 1. The van der Waals surface area contributed by atoms with Crippen molar-refractivity contribution in [3.63, 3.8) is 0 Å². The molecule has 0 atom stereocenters. The average molecular weight is 275 g/mol. The minimum Gasteiger partial charge on any atom is -0.398 e. The molecule has 0 heterocycles. The van der Waals surface area contributed by atoms with Crippen LogP contribution in [0.5, 0.6) is 0 Å². The van der Waals surface area contributed by atoms with E-state index in [1.807, 2.05) is 32.3 Å². The summed E-state index contributed by atoms with van der Waals surface area (Å²) in [5.41, 5.74) is 8.07. The molecule has 1 aliphatic carbocycles. The number of hydrogen-bond donors (Lipinski definition) is 1. The lowest BCUT2D eigenvalue weighted by Gasteiger charge is -2.23. The lowest BCUT2D eigenvalue weighted by Crippen LogP contribution is -2.29. The van der Waals surface area contributed by atoms with E-state index in [4.69, 9.17) is 5.73 Å². The van der Waals surface area contributed by atoms with Crippen molar-refractivity contribution >= 4 is 11.6 Å². The number of carbonyl (C=O) groups is 1. The quantitative estimate of drug-likeness (QED) is 0.775. The van der Waals surface area contributed by atoms with Gasteiger partial charge in [0.15, 0.2) is 0 Å². The monoisotopic (exact) mass is 275 g/mol. The summed E-state index contributed by atoms with van der Waals surface area (Å²) >= 11 is 0. The summed E-state index contributed by atoms with van der Waals surface area (Å²) in [4.78, 5) is 15.7. The SMILES string of the molecule is CN(C)C(=O)CCCN(Cc1ccccc1N)C1CC1. The van der Waals surface area contributed by atoms with E-state index in [1.54, 1.807) is 4.90 Å². The molecule has 1 aromatic rings. The molecular formula is C16H25N3O. The summed E-state index contributed by atoms with van der Waals surface area (Å²) in [6.07, 6.45) is 4.09. The van der Waals surface area contributed by atoms with Crippen molar-refractivity contribution in [2.24, 2.45) is 0 Å². The molecule has 0 aromatic heterocycles. The van der Waals surface area contributed by atoms with E-state index >= 15 is 0 Å². The molecular weight excluding hydrogens is 250 g/mol. The number of hydrogen-bond acceptors (Lipinski definition) is 3. The van der Waals surface area contributed by atoms with E-state index in [2.05, 4.69) is 11.0 Å². The fraction of sp³-hybridized carbons (Fsp3) is 0.562. The third kappa shape index (κ3) is 4.23. The summed E-state index contributed by atoms with van der Waals surface area (Å²) in [7, 11) is 3.62. The highest BCUT2D eigenvalue weighted by Crippen LogP contribution is 2.29. The van der Waals surface area contributed by atoms with Crippen LogP contribution in [0.2, 0.25) is 0 Å². The molecule has 0 radical (unpaired) electrons. The third-order valence-electron chi connectivity index (χ3n) is 3.83. The zero-order chi connectivity index (χ0) is 14.5. The van der Waals surface area contributed by atoms with Gasteiger partial charge in [-0.25, -0.2) is 0 Å². The maximum Gasteiger partial charge on any atom is 0.222 e. The maximum absolute atomic E-state index is 11.6. The van der Waals surface area contributed by atoms with E-state index in [1.165, 1.54) is 18.4 Å². The average Bonchev–Trinajstić information content (AvgIpc) is 3.24. The van der Waals surface area contributed by atoms with Crippen LogP contribution in [0.15, 0.2) is 24.3 Å². The van der Waals surface area contributed by atoms with E-state index in [9.17, 15) is 4.79 Å². The van der Waals surface area contributed by atoms with Gasteiger partial charge in [-0.1, -0.05) is 18.2 Å². The predicted octanol–water partition coefficient (Wildman–Crippen LogP) is 2.10. The van der Waals surface area contributed by atoms with Gasteiger partial charge in [-0.05, 0) is 37.4 Å². The first-order chi connectivity index (χ1) is 9.58. The van der Waals surface area contributed by atoms with Gasteiger partial charge < -0.3 is 10.6 Å². The minimum absolute atomic E-state index is 0.208. The Bertz CT molecular complexity index is 455. The largest absolute Gasteiger partial charge is 0.398 e. The van der Waals surface area contributed by atoms with Gasteiger partial charge in [-0.2, -0.15) is 0 Å². The molecule has 110 valence electrons. The van der Waals surface area contributed by atoms with Crippen molar-refractivity contribution in [1.29, 1.82) is 0 Å². The summed E-state index contributed by atoms with van der Waals surface area (Å²) in [6, 6.07) is 8.73. The second kappa shape index (κ2) is 6.75. The Kier molecular flexibility index (Phi) is 5.01. The number of rotatable bonds is 7. The molecule has 0 spiro atoms. The lowest BCUT2D eigenvalue weighted by atomic mass is 10.1. The first-order valence-electron chi connectivity index (χ1n) is 7.35. The van der Waals surface area contributed by atoms with E-state index < -0.39 is 0 Å². The van der Waals surface area contributed by atoms with Crippen LogP contribution in [-0.2, 0) is 11.3 Å². The van der Waals surface area contributed by atoms with Crippen LogP contribution in [0.25, 0.3) is 0 Å². The van der Waals surface area contributed by atoms with Gasteiger partial charge in [-0.3, -0.25) is 9.69 Å². The number of nitrogen functional groups attached to an aromatic ring is 1. The second-order valence-electron chi connectivity index (χ2n) is 5.79. The number of anilines is 1. The normalized spacial score (nSPS) is 14.6. The number of amides is 1. The molecule has 0 unspecified atom stereocenters. The number of nitrogens with zero attached hydrogens (tertiary/aromatic N) is 2. The van der Waals surface area contributed by atoms with Crippen LogP contribution >= 0.6 is 0 Å². The molecule has 20 heavy (non-hydrogen) atoms. The summed E-state index contributed by atoms with van der Waals surface area (Å²) in [5.74, 6) is 0.208. The van der Waals surface area contributed by atoms with Crippen LogP contribution in [-0.4, -0.2) is 42.4 Å². The molecule has 1 aromatic carbocycles. The second-order valence-corrected chi connectivity index (χ2v) is 5.79. The summed E-state index contributed by atoms with van der Waals surface area (Å²) < 4.78 is 0. The third-order valence-corrected chi connectivity index (χ3v) is 3.83. The predicted molar refractivity (Wildman–Crippen MR) is 82.2 cm³/mol. The maximum atomic E-state index is 11.6. The Hall–Kier alpha value is -1.55. The van der Waals surface area contributed by atoms with Crippen molar-refractivity contribution in [1.82, 2.24) is 9.80 Å². The Labute approximate surface area is 121 Å². The van der Waals surface area contributed by atoms with Crippen molar-refractivity contribution < 1.29 is 4.79 Å². The summed E-state index contributed by atoms with van der Waals surface area (Å²) in [5, 5.41) is 0. The zero-order valence-corrected chi connectivity index (χ0v) is 12.5. The Balaban J connectivity index is 1.85. The molecule has 1 saturated carbocycles. The molecule has 1 aliphatic rings. The van der Waals surface area contributed by atoms with Crippen molar-refractivity contribution in [2.75, 3.05) is 26.4 Å². The number of benzene rings is 1. The first kappa shape index (κ1) is 14.9. The van der Waals surface area contributed by atoms with Crippen molar-refractivity contribution in [3.05, 3.63) is 29.8 Å². The van der Waals surface area contributed by atoms with Gasteiger partial charge in [-0.15, -0.1) is 0 Å². The molecule has 0 bridgehead atoms. The molecule has 1 amide bonds. The first-order valence-corrected chi connectivity index (χ1v) is 7.35. The number of nitrogens with two attached hydrogens (primary N) is 1. The van der Waals surface area contributed by atoms with Gasteiger partial charge in [0.25, 0.3) is 0 Å². The fourth-order valence-electron chi connectivity index (χ4n) is 2.38. The van der Waals surface area contributed by atoms with Gasteiger partial charge in [0.1, 0.15) is 0 Å². The lowest BCUT2D eigenvalue weighted by molar-refractivity contribution is -0.128. The highest BCUT2D eigenvalue weighted by molar-refractivity contribution is 5.75. The van der Waals surface area contributed by atoms with Gasteiger partial charge in [0, 0.05) is 38.8 Å². The smallest absolute Gasteiger partial charge is 0.222 e. The topological polar surface area (TPSA) is 49.6 Å². The zero-order valence-electron chi connectivity index (χ0n) is 12.5. The highest BCUT2D eigenvalue weighted by atomic mass is 16.2. The fourth-order valence-corrected chi connectivity index (χ4v) is 2.38. The molecule has 0 saturated heterocycles. The van der Waals surface area contributed by atoms with E-state index in [0.717, 1.165) is 25.2 Å². The Morgan fingerprint density at radius 3 is 2.60 bits per heavy atom. The van der Waals surface area contributed by atoms with Gasteiger partial charge in [0.05, 0.1) is 0 Å². The highest BCUT2D eigenvalue weighted by Gasteiger charge is 2.28. The van der Waals surface area contributed by atoms with E-state index in [-0.39, 0.29) is 5.91 Å². The molecule has 1 fully saturated rings. The van der Waals surface area contributed by atoms with Crippen LogP contribution in [0, 0.1) is 0 Å². The van der Waals surface area contributed by atoms with Crippen LogP contribution < -0.4 is 5.73 Å². The molecule has 2 rings (SSSR count). The Morgan fingerprint density at radius 2 is 2.00 bits per heavy atom. The van der Waals surface area contributed by atoms with Crippen LogP contribution in [0.4, 0.5) is 5.69 Å². The van der Waals surface area contributed by atoms with Crippen molar-refractivity contribution in [2.45, 2.75) is 38.3 Å².